The molecule has 0 aromatic heterocycles. The zero-order valence-electron chi connectivity index (χ0n) is 9.20. The number of likely N-dealkylation sites (tertiary alicyclic amines) is 1. The Morgan fingerprint density at radius 2 is 2.24 bits per heavy atom. The molecule has 1 fully saturated rings. The summed E-state index contributed by atoms with van der Waals surface area (Å²) in [5.41, 5.74) is 0.639. The van der Waals surface area contributed by atoms with Crippen molar-refractivity contribution < 1.29 is 9.90 Å². The summed E-state index contributed by atoms with van der Waals surface area (Å²) in [6.45, 7) is 0.764. The number of carbonyl (C=O) groups excluding carboxylic acids is 1. The van der Waals surface area contributed by atoms with Crippen LogP contribution in [-0.4, -0.2) is 35.1 Å². The van der Waals surface area contributed by atoms with E-state index >= 15 is 0 Å². The molecule has 3 nitrogen and oxygen atoms in total. The van der Waals surface area contributed by atoms with Crippen LogP contribution in [0.1, 0.15) is 23.2 Å². The van der Waals surface area contributed by atoms with Gasteiger partial charge in [0.25, 0.3) is 5.91 Å². The minimum absolute atomic E-state index is 0.0188. The van der Waals surface area contributed by atoms with E-state index in [1.165, 1.54) is 0 Å². The van der Waals surface area contributed by atoms with Gasteiger partial charge in [0, 0.05) is 15.5 Å². The molecule has 0 radical (unpaired) electrons. The van der Waals surface area contributed by atoms with Crippen LogP contribution in [0.15, 0.2) is 27.1 Å². The number of carbonyl (C=O) groups is 1. The van der Waals surface area contributed by atoms with Gasteiger partial charge in [0.2, 0.25) is 0 Å². The fourth-order valence-corrected chi connectivity index (χ4v) is 2.89. The van der Waals surface area contributed by atoms with Gasteiger partial charge in [0.05, 0.1) is 18.2 Å². The van der Waals surface area contributed by atoms with Crippen molar-refractivity contribution in [2.45, 2.75) is 18.9 Å². The summed E-state index contributed by atoms with van der Waals surface area (Å²) in [7, 11) is 0. The fourth-order valence-electron chi connectivity index (χ4n) is 2.11. The first-order chi connectivity index (χ1) is 8.13. The second-order valence-corrected chi connectivity index (χ2v) is 5.87. The number of amides is 1. The second-order valence-electron chi connectivity index (χ2n) is 4.10. The van der Waals surface area contributed by atoms with Crippen LogP contribution in [0.2, 0.25) is 0 Å². The van der Waals surface area contributed by atoms with Gasteiger partial charge in [-0.1, -0.05) is 15.9 Å². The maximum atomic E-state index is 12.4. The van der Waals surface area contributed by atoms with E-state index in [4.69, 9.17) is 0 Å². The third-order valence-electron chi connectivity index (χ3n) is 3.01. The van der Waals surface area contributed by atoms with E-state index in [0.29, 0.717) is 5.56 Å². The number of rotatable bonds is 2. The van der Waals surface area contributed by atoms with Gasteiger partial charge >= 0.3 is 0 Å². The Morgan fingerprint density at radius 3 is 2.94 bits per heavy atom. The minimum Gasteiger partial charge on any atom is -0.394 e. The Hall–Kier alpha value is -0.390. The zero-order valence-corrected chi connectivity index (χ0v) is 12.4. The predicted octanol–water partition coefficient (Wildman–Crippen LogP) is 2.81. The molecule has 0 bridgehead atoms. The highest BCUT2D eigenvalue weighted by atomic mass is 79.9. The molecule has 1 saturated heterocycles. The van der Waals surface area contributed by atoms with Crippen molar-refractivity contribution in [3.63, 3.8) is 0 Å². The molecule has 92 valence electrons. The molecule has 1 N–H and O–H groups in total. The average Bonchev–Trinajstić information content (AvgIpc) is 2.79. The summed E-state index contributed by atoms with van der Waals surface area (Å²) >= 11 is 6.75. The number of benzene rings is 1. The molecule has 1 aliphatic heterocycles. The van der Waals surface area contributed by atoms with E-state index < -0.39 is 0 Å². The number of aliphatic hydroxyl groups excluding tert-OH is 1. The van der Waals surface area contributed by atoms with Crippen molar-refractivity contribution in [3.8, 4) is 0 Å². The van der Waals surface area contributed by atoms with E-state index in [1.54, 1.807) is 11.0 Å². The van der Waals surface area contributed by atoms with Crippen molar-refractivity contribution in [1.29, 1.82) is 0 Å². The van der Waals surface area contributed by atoms with Gasteiger partial charge in [-0.3, -0.25) is 4.79 Å². The Morgan fingerprint density at radius 1 is 1.47 bits per heavy atom. The molecular weight excluding hydrogens is 350 g/mol. The van der Waals surface area contributed by atoms with Crippen LogP contribution in [0.3, 0.4) is 0 Å². The lowest BCUT2D eigenvalue weighted by Crippen LogP contribution is -2.37. The fraction of sp³-hybridized carbons (Fsp3) is 0.417. The van der Waals surface area contributed by atoms with Crippen molar-refractivity contribution >= 4 is 37.8 Å². The summed E-state index contributed by atoms with van der Waals surface area (Å²) < 4.78 is 1.66. The minimum atomic E-state index is -0.0339. The topological polar surface area (TPSA) is 40.5 Å². The third kappa shape index (κ3) is 2.72. The molecule has 2 rings (SSSR count). The molecule has 1 amide bonds. The standard InChI is InChI=1S/C12H13Br2NO2/c13-8-3-4-11(14)10(6-8)12(17)15-5-1-2-9(15)7-16/h3-4,6,9,16H,1-2,5,7H2/t9-/m0/s1. The van der Waals surface area contributed by atoms with Gasteiger partial charge in [-0.2, -0.15) is 0 Å². The first kappa shape index (κ1) is 13.1. The number of nitrogens with zero attached hydrogens (tertiary/aromatic N) is 1. The molecule has 0 aliphatic carbocycles. The molecule has 5 heteroatoms. The van der Waals surface area contributed by atoms with Crippen LogP contribution in [0, 0.1) is 0 Å². The van der Waals surface area contributed by atoms with Gasteiger partial charge in [-0.15, -0.1) is 0 Å². The van der Waals surface area contributed by atoms with E-state index in [9.17, 15) is 9.90 Å². The smallest absolute Gasteiger partial charge is 0.255 e. The van der Waals surface area contributed by atoms with Crippen LogP contribution >= 0.6 is 31.9 Å². The largest absolute Gasteiger partial charge is 0.394 e. The van der Waals surface area contributed by atoms with E-state index in [-0.39, 0.29) is 18.6 Å². The van der Waals surface area contributed by atoms with Gasteiger partial charge in [-0.05, 0) is 47.0 Å². The third-order valence-corrected chi connectivity index (χ3v) is 4.19. The highest BCUT2D eigenvalue weighted by Gasteiger charge is 2.29. The summed E-state index contributed by atoms with van der Waals surface area (Å²) in [5.74, 6) is -0.0188. The van der Waals surface area contributed by atoms with Crippen LogP contribution in [0.5, 0.6) is 0 Å². The average molecular weight is 363 g/mol. The van der Waals surface area contributed by atoms with Crippen molar-refractivity contribution in [2.75, 3.05) is 13.2 Å². The quantitative estimate of drug-likeness (QED) is 0.878. The monoisotopic (exact) mass is 361 g/mol. The zero-order chi connectivity index (χ0) is 12.4. The normalized spacial score (nSPS) is 19.7. The molecule has 17 heavy (non-hydrogen) atoms. The summed E-state index contributed by atoms with van der Waals surface area (Å²) in [4.78, 5) is 14.1. The Kier molecular flexibility index (Phi) is 4.22. The predicted molar refractivity (Wildman–Crippen MR) is 73.0 cm³/mol. The van der Waals surface area contributed by atoms with E-state index in [2.05, 4.69) is 31.9 Å². The van der Waals surface area contributed by atoms with Crippen LogP contribution < -0.4 is 0 Å². The molecule has 1 aromatic carbocycles. The molecule has 0 saturated carbocycles. The maximum Gasteiger partial charge on any atom is 0.255 e. The number of aliphatic hydroxyl groups is 1. The second kappa shape index (κ2) is 5.50. The number of hydrogen-bond donors (Lipinski definition) is 1. The van der Waals surface area contributed by atoms with Gasteiger partial charge in [-0.25, -0.2) is 0 Å². The van der Waals surface area contributed by atoms with Gasteiger partial charge in [0.1, 0.15) is 0 Å². The summed E-state index contributed by atoms with van der Waals surface area (Å²) in [5, 5.41) is 9.24. The molecular formula is C12H13Br2NO2. The highest BCUT2D eigenvalue weighted by Crippen LogP contribution is 2.26. The lowest BCUT2D eigenvalue weighted by atomic mass is 10.2. The molecule has 1 heterocycles. The first-order valence-electron chi connectivity index (χ1n) is 5.50. The summed E-state index contributed by atoms with van der Waals surface area (Å²) in [6, 6.07) is 5.50. The van der Waals surface area contributed by atoms with Gasteiger partial charge < -0.3 is 10.0 Å². The maximum absolute atomic E-state index is 12.4. The Labute approximate surface area is 117 Å². The van der Waals surface area contributed by atoms with Crippen molar-refractivity contribution in [1.82, 2.24) is 4.90 Å². The lowest BCUT2D eigenvalue weighted by Gasteiger charge is -2.23. The molecule has 0 spiro atoms. The Balaban J connectivity index is 2.27. The number of halogens is 2. The number of hydrogen-bond acceptors (Lipinski definition) is 2. The highest BCUT2D eigenvalue weighted by molar-refractivity contribution is 9.11. The van der Waals surface area contributed by atoms with Crippen molar-refractivity contribution in [2.24, 2.45) is 0 Å². The molecule has 1 aliphatic rings. The first-order valence-corrected chi connectivity index (χ1v) is 7.09. The van der Waals surface area contributed by atoms with E-state index in [0.717, 1.165) is 28.3 Å². The Bertz CT molecular complexity index is 437. The van der Waals surface area contributed by atoms with Crippen LogP contribution in [0.4, 0.5) is 0 Å². The molecule has 1 aromatic rings. The SMILES string of the molecule is O=C(c1cc(Br)ccc1Br)N1CCC[C@H]1CO. The van der Waals surface area contributed by atoms with Crippen LogP contribution in [0.25, 0.3) is 0 Å². The summed E-state index contributed by atoms with van der Waals surface area (Å²) in [6.07, 6.45) is 1.84. The molecule has 1 atom stereocenters. The van der Waals surface area contributed by atoms with Crippen molar-refractivity contribution in [3.05, 3.63) is 32.7 Å². The van der Waals surface area contributed by atoms with E-state index in [1.807, 2.05) is 12.1 Å². The van der Waals surface area contributed by atoms with Crippen LogP contribution in [-0.2, 0) is 0 Å². The van der Waals surface area contributed by atoms with Gasteiger partial charge in [0.15, 0.2) is 0 Å². The lowest BCUT2D eigenvalue weighted by molar-refractivity contribution is 0.0676. The molecule has 0 unspecified atom stereocenters.